The number of carbonyl (C=O) groups excluding carboxylic acids is 1. The van der Waals surface area contributed by atoms with Crippen LogP contribution in [-0.2, 0) is 9.47 Å². The van der Waals surface area contributed by atoms with Gasteiger partial charge >= 0.3 is 0 Å². The predicted molar refractivity (Wildman–Crippen MR) is 140 cm³/mol. The highest BCUT2D eigenvalue weighted by atomic mass is 19.1. The van der Waals surface area contributed by atoms with Crippen molar-refractivity contribution in [2.45, 2.75) is 25.2 Å². The normalized spacial score (nSPS) is 20.9. The molecule has 190 valence electrons. The molecule has 0 aliphatic carbocycles. The molecule has 3 fully saturated rings. The van der Waals surface area contributed by atoms with Crippen LogP contribution in [0.2, 0.25) is 0 Å². The largest absolute Gasteiger partial charge is 0.353 e. The predicted octanol–water partition coefficient (Wildman–Crippen LogP) is 5.31. The van der Waals surface area contributed by atoms with Crippen LogP contribution in [0.25, 0.3) is 10.8 Å². The first-order valence-electron chi connectivity index (χ1n) is 13.1. The zero-order valence-electron chi connectivity index (χ0n) is 20.8. The third-order valence-corrected chi connectivity index (χ3v) is 7.58. The van der Waals surface area contributed by atoms with Crippen LogP contribution in [0.1, 0.15) is 41.1 Å². The molecule has 3 heterocycles. The summed E-state index contributed by atoms with van der Waals surface area (Å²) in [5.74, 6) is 1.07. The van der Waals surface area contributed by atoms with Crippen molar-refractivity contribution in [3.05, 3.63) is 83.7 Å². The molecule has 1 atom stereocenters. The minimum Gasteiger partial charge on any atom is -0.353 e. The molecule has 3 saturated heterocycles. The molecule has 3 aromatic carbocycles. The van der Waals surface area contributed by atoms with Crippen molar-refractivity contribution < 1.29 is 18.7 Å². The average molecular weight is 491 g/mol. The van der Waals surface area contributed by atoms with E-state index in [4.69, 9.17) is 9.47 Å². The van der Waals surface area contributed by atoms with Gasteiger partial charge in [0.05, 0.1) is 13.2 Å². The summed E-state index contributed by atoms with van der Waals surface area (Å²) in [5, 5.41) is 2.16. The van der Waals surface area contributed by atoms with Crippen molar-refractivity contribution in [3.8, 4) is 0 Å². The summed E-state index contributed by atoms with van der Waals surface area (Å²) in [4.78, 5) is 17.8. The third-order valence-electron chi connectivity index (χ3n) is 7.58. The number of nitrogens with zero attached hydrogens (tertiary/aromatic N) is 2. The molecule has 1 amide bonds. The van der Waals surface area contributed by atoms with Gasteiger partial charge in [0.25, 0.3) is 5.91 Å². The Hall–Kier alpha value is -2.80. The van der Waals surface area contributed by atoms with Crippen LogP contribution in [0.15, 0.2) is 66.7 Å². The standard InChI is InChI=1S/C27H29FN2O.C3H6O2/c28-24-10-8-21(9-11-24)22-13-15-29(16-14-22)18-20-12-17-30(19-20)27(31)26-7-3-5-23-4-1-2-6-25(23)26;1-2-5-3-4-1/h1-11,20,22H,12-19H2;1-3H2/t20-;/m1./s1. The van der Waals surface area contributed by atoms with Crippen molar-refractivity contribution in [3.63, 3.8) is 0 Å². The molecular weight excluding hydrogens is 455 g/mol. The maximum Gasteiger partial charge on any atom is 0.254 e. The zero-order valence-corrected chi connectivity index (χ0v) is 20.8. The molecule has 6 rings (SSSR count). The number of likely N-dealkylation sites (tertiary alicyclic amines) is 2. The van der Waals surface area contributed by atoms with Crippen LogP contribution in [0.5, 0.6) is 0 Å². The van der Waals surface area contributed by atoms with E-state index < -0.39 is 0 Å². The molecule has 3 aliphatic rings. The highest BCUT2D eigenvalue weighted by Crippen LogP contribution is 2.30. The van der Waals surface area contributed by atoms with Gasteiger partial charge in [-0.2, -0.15) is 0 Å². The Kier molecular flexibility index (Phi) is 8.26. The van der Waals surface area contributed by atoms with Gasteiger partial charge in [0.2, 0.25) is 0 Å². The number of amides is 1. The van der Waals surface area contributed by atoms with Gasteiger partial charge in [0.15, 0.2) is 0 Å². The summed E-state index contributed by atoms with van der Waals surface area (Å²) in [6.07, 6.45) is 3.32. The first-order chi connectivity index (χ1) is 17.7. The molecule has 0 spiro atoms. The van der Waals surface area contributed by atoms with Gasteiger partial charge in [-0.1, -0.05) is 48.5 Å². The van der Waals surface area contributed by atoms with Gasteiger partial charge in [-0.15, -0.1) is 0 Å². The fourth-order valence-corrected chi connectivity index (χ4v) is 5.59. The molecule has 6 heteroatoms. The van der Waals surface area contributed by atoms with E-state index in [0.29, 0.717) is 18.6 Å². The fourth-order valence-electron chi connectivity index (χ4n) is 5.59. The minimum atomic E-state index is -0.162. The number of ether oxygens (including phenoxy) is 2. The van der Waals surface area contributed by atoms with Crippen LogP contribution in [0.3, 0.4) is 0 Å². The molecule has 3 aliphatic heterocycles. The molecule has 36 heavy (non-hydrogen) atoms. The van der Waals surface area contributed by atoms with Gasteiger partial charge in [0.1, 0.15) is 12.6 Å². The topological polar surface area (TPSA) is 42.0 Å². The van der Waals surface area contributed by atoms with Gasteiger partial charge in [-0.25, -0.2) is 4.39 Å². The molecule has 0 aromatic heterocycles. The Labute approximate surface area is 212 Å². The summed E-state index contributed by atoms with van der Waals surface area (Å²) in [6.45, 7) is 6.97. The molecule has 0 N–H and O–H groups in total. The summed E-state index contributed by atoms with van der Waals surface area (Å²) in [5.41, 5.74) is 2.08. The smallest absolute Gasteiger partial charge is 0.254 e. The van der Waals surface area contributed by atoms with E-state index in [1.807, 2.05) is 47.4 Å². The highest BCUT2D eigenvalue weighted by Gasteiger charge is 2.30. The van der Waals surface area contributed by atoms with Crippen molar-refractivity contribution >= 4 is 16.7 Å². The summed E-state index contributed by atoms with van der Waals surface area (Å²) >= 11 is 0. The van der Waals surface area contributed by atoms with Gasteiger partial charge < -0.3 is 19.3 Å². The number of rotatable bonds is 4. The maximum absolute atomic E-state index is 13.2. The molecule has 5 nitrogen and oxygen atoms in total. The monoisotopic (exact) mass is 490 g/mol. The highest BCUT2D eigenvalue weighted by molar-refractivity contribution is 6.07. The van der Waals surface area contributed by atoms with E-state index in [2.05, 4.69) is 17.0 Å². The van der Waals surface area contributed by atoms with E-state index >= 15 is 0 Å². The SMILES string of the molecule is C1COCO1.O=C(c1cccc2ccccc12)N1CC[C@H](CN2CCC(c3ccc(F)cc3)CC2)C1. The number of hydrogen-bond donors (Lipinski definition) is 0. The van der Waals surface area contributed by atoms with Crippen molar-refractivity contribution in [2.75, 3.05) is 52.7 Å². The molecule has 0 radical (unpaired) electrons. The second-order valence-corrected chi connectivity index (χ2v) is 9.99. The number of hydrogen-bond acceptors (Lipinski definition) is 4. The first kappa shape index (κ1) is 24.9. The molecule has 0 bridgehead atoms. The van der Waals surface area contributed by atoms with E-state index in [9.17, 15) is 9.18 Å². The summed E-state index contributed by atoms with van der Waals surface area (Å²) in [7, 11) is 0. The van der Waals surface area contributed by atoms with E-state index in [0.717, 1.165) is 81.5 Å². The van der Waals surface area contributed by atoms with Crippen molar-refractivity contribution in [1.29, 1.82) is 0 Å². The van der Waals surface area contributed by atoms with Crippen LogP contribution in [0, 0.1) is 11.7 Å². The molecule has 3 aromatic rings. The minimum absolute atomic E-state index is 0.161. The maximum atomic E-state index is 13.2. The van der Waals surface area contributed by atoms with Crippen LogP contribution >= 0.6 is 0 Å². The Morgan fingerprint density at radius 2 is 1.58 bits per heavy atom. The number of halogens is 1. The van der Waals surface area contributed by atoms with Gasteiger partial charge in [0, 0.05) is 25.2 Å². The Morgan fingerprint density at radius 3 is 2.31 bits per heavy atom. The van der Waals surface area contributed by atoms with E-state index in [-0.39, 0.29) is 11.7 Å². The van der Waals surface area contributed by atoms with Crippen LogP contribution in [0.4, 0.5) is 4.39 Å². The van der Waals surface area contributed by atoms with Crippen molar-refractivity contribution in [2.24, 2.45) is 5.92 Å². The lowest BCUT2D eigenvalue weighted by Crippen LogP contribution is -2.37. The quantitative estimate of drug-likeness (QED) is 0.497. The van der Waals surface area contributed by atoms with E-state index in [1.54, 1.807) is 12.1 Å². The lowest BCUT2D eigenvalue weighted by atomic mass is 9.89. The van der Waals surface area contributed by atoms with Gasteiger partial charge in [-0.3, -0.25) is 4.79 Å². The first-order valence-corrected chi connectivity index (χ1v) is 13.1. The Bertz CT molecular complexity index is 1130. The molecule has 0 unspecified atom stereocenters. The van der Waals surface area contributed by atoms with Crippen LogP contribution in [-0.4, -0.2) is 68.4 Å². The number of fused-ring (bicyclic) bond motifs is 1. The Morgan fingerprint density at radius 1 is 0.861 bits per heavy atom. The van der Waals surface area contributed by atoms with Gasteiger partial charge in [-0.05, 0) is 78.7 Å². The van der Waals surface area contributed by atoms with Crippen LogP contribution < -0.4 is 0 Å². The molecule has 0 saturated carbocycles. The second kappa shape index (κ2) is 12.0. The number of benzene rings is 3. The average Bonchev–Trinajstić information content (AvgIpc) is 3.65. The molecular formula is C30H35FN2O3. The zero-order chi connectivity index (χ0) is 24.7. The second-order valence-electron chi connectivity index (χ2n) is 9.99. The fraction of sp³-hybridized carbons (Fsp3) is 0.433. The number of carbonyl (C=O) groups is 1. The lowest BCUT2D eigenvalue weighted by Gasteiger charge is -2.33. The van der Waals surface area contributed by atoms with E-state index in [1.165, 1.54) is 5.56 Å². The summed E-state index contributed by atoms with van der Waals surface area (Å²) < 4.78 is 22.6. The number of piperidine rings is 1. The summed E-state index contributed by atoms with van der Waals surface area (Å²) in [6, 6.07) is 21.1. The Balaban J connectivity index is 0.000000477. The third kappa shape index (κ3) is 6.12. The lowest BCUT2D eigenvalue weighted by molar-refractivity contribution is 0.0692. The van der Waals surface area contributed by atoms with Crippen molar-refractivity contribution in [1.82, 2.24) is 9.80 Å².